The molecule has 0 atom stereocenters. The van der Waals surface area contributed by atoms with Gasteiger partial charge in [0.2, 0.25) is 0 Å². The molecule has 0 saturated carbocycles. The average molecular weight is 107 g/mol. The fourth-order valence-corrected chi connectivity index (χ4v) is 0. The van der Waals surface area contributed by atoms with Crippen LogP contribution in [0.15, 0.2) is 0 Å². The zero-order chi connectivity index (χ0) is 4.50. The normalized spacial score (nSPS) is 9.67. The van der Waals surface area contributed by atoms with Gasteiger partial charge in [-0.2, -0.15) is 8.42 Å². The molecule has 3 nitrogen and oxygen atoms in total. The Morgan fingerprint density at radius 1 is 1.67 bits per heavy atom. The molecule has 0 aromatic carbocycles. The minimum absolute atomic E-state index is 0. The molecule has 5 heteroatoms. The Balaban J connectivity index is -0.0000000267. The van der Waals surface area contributed by atoms with E-state index in [9.17, 15) is 8.42 Å². The smallest absolute Gasteiger partial charge is 1.00 e. The van der Waals surface area contributed by atoms with Crippen LogP contribution in [0.3, 0.4) is 0 Å². The predicted octanol–water partition coefficient (Wildman–Crippen LogP) is -0.652. The fourth-order valence-electron chi connectivity index (χ4n) is 0. The van der Waals surface area contributed by atoms with E-state index in [1.807, 2.05) is 0 Å². The Morgan fingerprint density at radius 2 is 1.67 bits per heavy atom. The van der Waals surface area contributed by atoms with Crippen molar-refractivity contribution in [3.63, 3.8) is 0 Å². The number of hydrogen-bond acceptors (Lipinski definition) is 2. The summed E-state index contributed by atoms with van der Waals surface area (Å²) in [5, 5.41) is 0. The Bertz CT molecular complexity index is 100. The van der Waals surface area contributed by atoms with Crippen LogP contribution in [-0.2, 0) is 10.1 Å². The molecule has 0 spiro atoms. The van der Waals surface area contributed by atoms with Crippen molar-refractivity contribution in [2.45, 2.75) is 0 Å². The minimum Gasteiger partial charge on any atom is -1.00 e. The summed E-state index contributed by atoms with van der Waals surface area (Å²) in [4.78, 5) is 0. The molecular formula is CH6BeO3S. The van der Waals surface area contributed by atoms with E-state index in [1.165, 1.54) is 0 Å². The summed E-state index contributed by atoms with van der Waals surface area (Å²) < 4.78 is 25.9. The van der Waals surface area contributed by atoms with Crippen LogP contribution >= 0.6 is 0 Å². The third-order valence-corrected chi connectivity index (χ3v) is 0. The molecular weight excluding hydrogens is 101 g/mol. The molecule has 0 heterocycles. The van der Waals surface area contributed by atoms with Crippen LogP contribution in [0.2, 0.25) is 0 Å². The molecule has 1 N–H and O–H groups in total. The second-order valence-corrected chi connectivity index (χ2v) is 2.20. The van der Waals surface area contributed by atoms with Crippen LogP contribution in [0, 0.1) is 0 Å². The van der Waals surface area contributed by atoms with Gasteiger partial charge in [-0.05, 0) is 0 Å². The van der Waals surface area contributed by atoms with Gasteiger partial charge >= 0.3 is 10.1 Å². The third kappa shape index (κ3) is 6220. The molecule has 0 amide bonds. The molecule has 0 aliphatic rings. The Morgan fingerprint density at radius 3 is 1.67 bits per heavy atom. The number of hydrogen-bond donors (Lipinski definition) is 1. The molecule has 36 valence electrons. The van der Waals surface area contributed by atoms with Gasteiger partial charge in [0.05, 0.1) is 6.26 Å². The minimum atomic E-state index is -3.67. The van der Waals surface area contributed by atoms with Gasteiger partial charge in [0, 0.05) is 0 Å². The van der Waals surface area contributed by atoms with Crippen molar-refractivity contribution >= 4 is 20.2 Å². The van der Waals surface area contributed by atoms with Gasteiger partial charge in [-0.25, -0.2) is 0 Å². The summed E-state index contributed by atoms with van der Waals surface area (Å²) in [6.45, 7) is 0. The largest absolute Gasteiger partial charge is 2.00 e. The van der Waals surface area contributed by atoms with Crippen molar-refractivity contribution in [1.29, 1.82) is 0 Å². The van der Waals surface area contributed by atoms with Crippen LogP contribution in [-0.4, -0.2) is 29.3 Å². The Labute approximate surface area is 43.3 Å². The van der Waals surface area contributed by atoms with Crippen molar-refractivity contribution in [1.82, 2.24) is 0 Å². The van der Waals surface area contributed by atoms with E-state index in [0.717, 1.165) is 0 Å². The molecule has 0 rings (SSSR count). The molecule has 0 aliphatic heterocycles. The molecule has 0 unspecified atom stereocenters. The second-order valence-electron chi connectivity index (χ2n) is 0.733. The van der Waals surface area contributed by atoms with Gasteiger partial charge in [0.25, 0.3) is 10.1 Å². The van der Waals surface area contributed by atoms with Crippen LogP contribution in [0.4, 0.5) is 0 Å². The van der Waals surface area contributed by atoms with Gasteiger partial charge in [-0.15, -0.1) is 0 Å². The molecule has 0 aromatic heterocycles. The zero-order valence-electron chi connectivity index (χ0n) is 5.38. The summed E-state index contributed by atoms with van der Waals surface area (Å²) in [7, 11) is -3.67. The first-order chi connectivity index (χ1) is 2.00. The first kappa shape index (κ1) is 9.42. The summed E-state index contributed by atoms with van der Waals surface area (Å²) in [6, 6.07) is 0. The quantitative estimate of drug-likeness (QED) is 0.330. The van der Waals surface area contributed by atoms with Crippen molar-refractivity contribution in [2.24, 2.45) is 0 Å². The van der Waals surface area contributed by atoms with Crippen LogP contribution in [0.5, 0.6) is 0 Å². The molecule has 0 aromatic rings. The number of rotatable bonds is 0. The zero-order valence-corrected chi connectivity index (χ0v) is 4.20. The van der Waals surface area contributed by atoms with Crippen molar-refractivity contribution in [3.8, 4) is 0 Å². The first-order valence-corrected chi connectivity index (χ1v) is 2.77. The molecule has 6 heavy (non-hydrogen) atoms. The third-order valence-electron chi connectivity index (χ3n) is 0. The van der Waals surface area contributed by atoms with Crippen molar-refractivity contribution in [2.75, 3.05) is 6.26 Å². The van der Waals surface area contributed by atoms with E-state index in [4.69, 9.17) is 4.55 Å². The van der Waals surface area contributed by atoms with E-state index in [-0.39, 0.29) is 13.0 Å². The van der Waals surface area contributed by atoms with Gasteiger partial charge in [0.15, 0.2) is 0 Å². The molecule has 0 saturated heterocycles. The molecule has 0 bridgehead atoms. The summed E-state index contributed by atoms with van der Waals surface area (Å²) >= 11 is 0. The SMILES string of the molecule is CS(=O)(=O)O.[Be+2].[H-].[H-]. The molecule has 0 fully saturated rings. The van der Waals surface area contributed by atoms with Crippen LogP contribution in [0.1, 0.15) is 2.85 Å². The van der Waals surface area contributed by atoms with Gasteiger partial charge < -0.3 is 2.85 Å². The fraction of sp³-hybridized carbons (Fsp3) is 1.00. The van der Waals surface area contributed by atoms with Gasteiger partial charge in [-0.3, -0.25) is 4.55 Å². The van der Waals surface area contributed by atoms with E-state index < -0.39 is 10.1 Å². The van der Waals surface area contributed by atoms with Crippen LogP contribution in [0.25, 0.3) is 0 Å². The van der Waals surface area contributed by atoms with Crippen LogP contribution < -0.4 is 0 Å². The van der Waals surface area contributed by atoms with E-state index >= 15 is 0 Å². The standard InChI is InChI=1S/CH4O3S.Be.2H/c1-5(2,3)4;;;/h1H3,(H,2,3,4);;;/q;+2;2*-1. The Hall–Kier alpha value is 0.0788. The van der Waals surface area contributed by atoms with Gasteiger partial charge in [0.1, 0.15) is 0 Å². The van der Waals surface area contributed by atoms with Gasteiger partial charge in [-0.1, -0.05) is 0 Å². The molecule has 0 aliphatic carbocycles. The maximum absolute atomic E-state index is 9.19. The summed E-state index contributed by atoms with van der Waals surface area (Å²) in [6.07, 6.45) is 0.715. The van der Waals surface area contributed by atoms with E-state index in [2.05, 4.69) is 0 Å². The average Bonchev–Trinajstić information content (AvgIpc) is 0.722. The van der Waals surface area contributed by atoms with E-state index in [0.29, 0.717) is 6.26 Å². The monoisotopic (exact) mass is 107 g/mol. The predicted molar refractivity (Wildman–Crippen MR) is 25.5 cm³/mol. The van der Waals surface area contributed by atoms with Crippen molar-refractivity contribution < 1.29 is 15.8 Å². The maximum Gasteiger partial charge on any atom is 2.00 e. The summed E-state index contributed by atoms with van der Waals surface area (Å²) in [5.41, 5.74) is 0. The Kier molecular flexibility index (Phi) is 3.59. The first-order valence-electron chi connectivity index (χ1n) is 0.924. The van der Waals surface area contributed by atoms with Crippen molar-refractivity contribution in [3.05, 3.63) is 0 Å². The summed E-state index contributed by atoms with van der Waals surface area (Å²) in [5.74, 6) is 0. The topological polar surface area (TPSA) is 54.4 Å². The molecule has 0 radical (unpaired) electrons. The van der Waals surface area contributed by atoms with E-state index in [1.54, 1.807) is 0 Å². The maximum atomic E-state index is 9.19. The second kappa shape index (κ2) is 2.29.